The van der Waals surface area contributed by atoms with Crippen LogP contribution in [0.4, 0.5) is 0 Å². The molecule has 0 heterocycles. The molecule has 0 radical (unpaired) electrons. The van der Waals surface area contributed by atoms with E-state index in [1.165, 1.54) is 5.56 Å². The first-order valence-electron chi connectivity index (χ1n) is 10.1. The third kappa shape index (κ3) is 6.46. The Morgan fingerprint density at radius 3 is 2.47 bits per heavy atom. The Labute approximate surface area is 206 Å². The molecule has 3 rings (SSSR count). The van der Waals surface area contributed by atoms with Crippen molar-refractivity contribution < 1.29 is 14.3 Å². The van der Waals surface area contributed by atoms with E-state index in [1.807, 2.05) is 44.2 Å². The number of ether oxygens (including phenoxy) is 2. The summed E-state index contributed by atoms with van der Waals surface area (Å²) in [6, 6.07) is 17.2. The maximum absolute atomic E-state index is 12.3. The number of nitrogens with zero attached hydrogens (tertiary/aromatic N) is 1. The van der Waals surface area contributed by atoms with E-state index in [0.717, 1.165) is 20.3 Å². The topological polar surface area (TPSA) is 59.9 Å². The lowest BCUT2D eigenvalue weighted by Crippen LogP contribution is -2.18. The van der Waals surface area contributed by atoms with Gasteiger partial charge in [0.25, 0.3) is 5.91 Å². The van der Waals surface area contributed by atoms with Crippen LogP contribution in [-0.2, 0) is 6.61 Å². The number of benzene rings is 3. The van der Waals surface area contributed by atoms with Gasteiger partial charge in [0.2, 0.25) is 0 Å². The number of hydrogen-bond donors (Lipinski definition) is 1. The summed E-state index contributed by atoms with van der Waals surface area (Å²) in [5.41, 5.74) is 6.94. The predicted octanol–water partition coefficient (Wildman–Crippen LogP) is 6.30. The Kier molecular flexibility index (Phi) is 8.53. The average molecular weight is 563 g/mol. The second-order valence-electron chi connectivity index (χ2n) is 7.22. The molecule has 0 aliphatic heterocycles. The molecule has 1 N–H and O–H groups in total. The van der Waals surface area contributed by atoms with E-state index in [4.69, 9.17) is 21.1 Å². The molecule has 3 aromatic carbocycles. The Morgan fingerprint density at radius 2 is 1.78 bits per heavy atom. The number of hydrazone groups is 1. The molecule has 0 aliphatic rings. The summed E-state index contributed by atoms with van der Waals surface area (Å²) in [6.45, 7) is 6.83. The monoisotopic (exact) mass is 562 g/mol. The first kappa shape index (κ1) is 24.1. The molecule has 5 nitrogen and oxygen atoms in total. The standard InChI is InChI=1S/C25H24ClIN2O3/c1-4-31-23-13-19(14-28-29-25(30)20-10-7-17(3)11-21(20)26)12-22(27)24(23)32-15-18-8-5-16(2)6-9-18/h5-14H,4,15H2,1-3H3,(H,29,30)/b28-14-. The van der Waals surface area contributed by atoms with Gasteiger partial charge in [-0.2, -0.15) is 5.10 Å². The fourth-order valence-electron chi connectivity index (χ4n) is 2.94. The Morgan fingerprint density at radius 1 is 1.06 bits per heavy atom. The lowest BCUT2D eigenvalue weighted by atomic mass is 10.1. The number of carbonyl (C=O) groups excluding carboxylic acids is 1. The molecule has 0 aliphatic carbocycles. The van der Waals surface area contributed by atoms with Crippen molar-refractivity contribution in [2.75, 3.05) is 6.61 Å². The summed E-state index contributed by atoms with van der Waals surface area (Å²) in [6.07, 6.45) is 1.56. The van der Waals surface area contributed by atoms with Gasteiger partial charge in [0.1, 0.15) is 6.61 Å². The molecule has 0 saturated carbocycles. The van der Waals surface area contributed by atoms with Crippen molar-refractivity contribution in [3.05, 3.63) is 91.0 Å². The van der Waals surface area contributed by atoms with Crippen LogP contribution in [0.5, 0.6) is 11.5 Å². The largest absolute Gasteiger partial charge is 0.490 e. The van der Waals surface area contributed by atoms with Crippen LogP contribution in [0.3, 0.4) is 0 Å². The van der Waals surface area contributed by atoms with E-state index in [1.54, 1.807) is 18.3 Å². The highest BCUT2D eigenvalue weighted by molar-refractivity contribution is 14.1. The Bertz CT molecular complexity index is 1130. The van der Waals surface area contributed by atoms with Gasteiger partial charge in [0.15, 0.2) is 11.5 Å². The van der Waals surface area contributed by atoms with E-state index < -0.39 is 0 Å². The molecule has 166 valence electrons. The highest BCUT2D eigenvalue weighted by Gasteiger charge is 2.13. The zero-order chi connectivity index (χ0) is 23.1. The number of amides is 1. The van der Waals surface area contributed by atoms with E-state index in [-0.39, 0.29) is 5.91 Å². The van der Waals surface area contributed by atoms with Crippen molar-refractivity contribution in [3.63, 3.8) is 0 Å². The highest BCUT2D eigenvalue weighted by atomic mass is 127. The molecule has 0 fully saturated rings. The van der Waals surface area contributed by atoms with Gasteiger partial charge in [0, 0.05) is 0 Å². The summed E-state index contributed by atoms with van der Waals surface area (Å²) in [5, 5.41) is 4.46. The maximum atomic E-state index is 12.3. The first-order valence-corrected chi connectivity index (χ1v) is 11.6. The van der Waals surface area contributed by atoms with E-state index >= 15 is 0 Å². The number of nitrogens with one attached hydrogen (secondary N) is 1. The van der Waals surface area contributed by atoms with Crippen LogP contribution in [0.1, 0.15) is 39.5 Å². The van der Waals surface area contributed by atoms with Gasteiger partial charge in [-0.25, -0.2) is 5.43 Å². The van der Waals surface area contributed by atoms with E-state index in [2.05, 4.69) is 52.2 Å². The third-order valence-electron chi connectivity index (χ3n) is 4.58. The van der Waals surface area contributed by atoms with E-state index in [9.17, 15) is 4.79 Å². The minimum absolute atomic E-state index is 0.371. The van der Waals surface area contributed by atoms with Crippen LogP contribution in [0.15, 0.2) is 59.7 Å². The van der Waals surface area contributed by atoms with Gasteiger partial charge in [0.05, 0.1) is 27.0 Å². The van der Waals surface area contributed by atoms with Crippen molar-refractivity contribution >= 4 is 46.3 Å². The smallest absolute Gasteiger partial charge is 0.272 e. The van der Waals surface area contributed by atoms with Crippen molar-refractivity contribution in [1.82, 2.24) is 5.43 Å². The molecular weight excluding hydrogens is 539 g/mol. The zero-order valence-corrected chi connectivity index (χ0v) is 21.0. The van der Waals surface area contributed by atoms with Gasteiger partial charge in [-0.05, 0) is 84.3 Å². The fraction of sp³-hybridized carbons (Fsp3) is 0.200. The molecule has 3 aromatic rings. The molecule has 1 amide bonds. The summed E-state index contributed by atoms with van der Waals surface area (Å²) < 4.78 is 12.7. The van der Waals surface area contributed by atoms with Crippen molar-refractivity contribution in [1.29, 1.82) is 0 Å². The molecular formula is C25H24ClIN2O3. The van der Waals surface area contributed by atoms with Crippen molar-refractivity contribution in [2.45, 2.75) is 27.4 Å². The Balaban J connectivity index is 1.72. The third-order valence-corrected chi connectivity index (χ3v) is 5.70. The molecule has 32 heavy (non-hydrogen) atoms. The summed E-state index contributed by atoms with van der Waals surface area (Å²) >= 11 is 8.36. The summed E-state index contributed by atoms with van der Waals surface area (Å²) in [5.74, 6) is 0.936. The normalized spacial score (nSPS) is 10.9. The van der Waals surface area contributed by atoms with Crippen LogP contribution in [-0.4, -0.2) is 18.7 Å². The second-order valence-corrected chi connectivity index (χ2v) is 8.79. The van der Waals surface area contributed by atoms with Crippen LogP contribution in [0.2, 0.25) is 5.02 Å². The van der Waals surface area contributed by atoms with Crippen molar-refractivity contribution in [3.8, 4) is 11.5 Å². The number of halogens is 2. The van der Waals surface area contributed by atoms with Crippen molar-refractivity contribution in [2.24, 2.45) is 5.10 Å². The van der Waals surface area contributed by atoms with Gasteiger partial charge in [-0.3, -0.25) is 4.79 Å². The maximum Gasteiger partial charge on any atom is 0.272 e. The SMILES string of the molecule is CCOc1cc(/C=N\NC(=O)c2ccc(C)cc2Cl)cc(I)c1OCc1ccc(C)cc1. The number of carbonyl (C=O) groups is 1. The highest BCUT2D eigenvalue weighted by Crippen LogP contribution is 2.34. The van der Waals surface area contributed by atoms with Crippen LogP contribution in [0, 0.1) is 17.4 Å². The number of rotatable bonds is 8. The van der Waals surface area contributed by atoms with Gasteiger partial charge in [-0.1, -0.05) is 47.5 Å². The van der Waals surface area contributed by atoms with Crippen LogP contribution in [0.25, 0.3) is 0 Å². The van der Waals surface area contributed by atoms with Crippen LogP contribution < -0.4 is 14.9 Å². The average Bonchev–Trinajstić information content (AvgIpc) is 2.74. The number of aryl methyl sites for hydroxylation is 2. The van der Waals surface area contributed by atoms with Gasteiger partial charge >= 0.3 is 0 Å². The molecule has 0 spiro atoms. The molecule has 7 heteroatoms. The zero-order valence-electron chi connectivity index (χ0n) is 18.1. The first-order chi connectivity index (χ1) is 15.4. The minimum Gasteiger partial charge on any atom is -0.490 e. The van der Waals surface area contributed by atoms with Gasteiger partial charge in [-0.15, -0.1) is 0 Å². The van der Waals surface area contributed by atoms with E-state index in [0.29, 0.717) is 35.3 Å². The molecule has 0 unspecified atom stereocenters. The Hall–Kier alpha value is -2.58. The summed E-state index contributed by atoms with van der Waals surface area (Å²) in [7, 11) is 0. The van der Waals surface area contributed by atoms with Gasteiger partial charge < -0.3 is 9.47 Å². The molecule has 0 saturated heterocycles. The number of hydrogen-bond acceptors (Lipinski definition) is 4. The quantitative estimate of drug-likeness (QED) is 0.199. The second kappa shape index (κ2) is 11.3. The van der Waals surface area contributed by atoms with Crippen LogP contribution >= 0.6 is 34.2 Å². The minimum atomic E-state index is -0.371. The molecule has 0 aromatic heterocycles. The lowest BCUT2D eigenvalue weighted by molar-refractivity contribution is 0.0955. The molecule has 0 bridgehead atoms. The molecule has 0 atom stereocenters. The lowest BCUT2D eigenvalue weighted by Gasteiger charge is -2.15. The fourth-order valence-corrected chi connectivity index (χ4v) is 4.04. The summed E-state index contributed by atoms with van der Waals surface area (Å²) in [4.78, 5) is 12.3. The predicted molar refractivity (Wildman–Crippen MR) is 137 cm³/mol.